The van der Waals surface area contributed by atoms with E-state index in [-0.39, 0.29) is 30.5 Å². The van der Waals surface area contributed by atoms with Crippen LogP contribution in [0.4, 0.5) is 0 Å². The van der Waals surface area contributed by atoms with Crippen LogP contribution < -0.4 is 5.73 Å². The van der Waals surface area contributed by atoms with Gasteiger partial charge in [0.1, 0.15) is 12.1 Å². The summed E-state index contributed by atoms with van der Waals surface area (Å²) in [5.74, 6) is -1.28. The number of nitrogens with two attached hydrogens (primary N) is 1. The van der Waals surface area contributed by atoms with Crippen molar-refractivity contribution in [2.45, 2.75) is 58.2 Å². The maximum absolute atomic E-state index is 13.0. The first-order chi connectivity index (χ1) is 9.67. The molecule has 0 aromatic carbocycles. The van der Waals surface area contributed by atoms with Crippen LogP contribution in [0.5, 0.6) is 0 Å². The molecule has 0 spiro atoms. The van der Waals surface area contributed by atoms with Gasteiger partial charge in [0, 0.05) is 24.0 Å². The Balaban J connectivity index is 2.29. The summed E-state index contributed by atoms with van der Waals surface area (Å²) in [6.45, 7) is 7.98. The number of fused-ring (bicyclic) bond motifs is 1. The van der Waals surface area contributed by atoms with Crippen molar-refractivity contribution in [1.82, 2.24) is 4.90 Å². The number of rotatable bonds is 5. The number of aliphatic carboxylic acids is 1. The van der Waals surface area contributed by atoms with Gasteiger partial charge in [-0.05, 0) is 19.8 Å². The number of carboxylic acids is 1. The second-order valence-corrected chi connectivity index (χ2v) is 6.86. The zero-order valence-electron chi connectivity index (χ0n) is 13.3. The van der Waals surface area contributed by atoms with Crippen LogP contribution in [0.1, 0.15) is 40.5 Å². The lowest BCUT2D eigenvalue weighted by molar-refractivity contribution is -0.187. The van der Waals surface area contributed by atoms with E-state index in [0.717, 1.165) is 6.42 Å². The SMILES string of the molecule is CCC(C)N(CC(=O)O)C(=O)C1(N)C2CCOC2C1(C)C. The summed E-state index contributed by atoms with van der Waals surface area (Å²) in [5, 5.41) is 9.09. The van der Waals surface area contributed by atoms with Crippen LogP contribution in [-0.4, -0.2) is 52.7 Å². The van der Waals surface area contributed by atoms with Gasteiger partial charge in [0.05, 0.1) is 6.10 Å². The Bertz CT molecular complexity index is 451. The molecule has 0 radical (unpaired) electrons. The highest BCUT2D eigenvalue weighted by molar-refractivity contribution is 5.92. The normalized spacial score (nSPS) is 34.7. The van der Waals surface area contributed by atoms with E-state index < -0.39 is 16.9 Å². The molecule has 1 saturated carbocycles. The zero-order valence-corrected chi connectivity index (χ0v) is 13.3. The molecule has 1 aliphatic heterocycles. The molecular formula is C15H26N2O4. The number of carbonyl (C=O) groups excluding carboxylic acids is 1. The van der Waals surface area contributed by atoms with Crippen molar-refractivity contribution in [1.29, 1.82) is 0 Å². The first-order valence-corrected chi connectivity index (χ1v) is 7.61. The molecular weight excluding hydrogens is 272 g/mol. The van der Waals surface area contributed by atoms with Crippen LogP contribution >= 0.6 is 0 Å². The van der Waals surface area contributed by atoms with E-state index in [9.17, 15) is 9.59 Å². The average molecular weight is 298 g/mol. The highest BCUT2D eigenvalue weighted by atomic mass is 16.5. The van der Waals surface area contributed by atoms with Crippen molar-refractivity contribution in [3.05, 3.63) is 0 Å². The summed E-state index contributed by atoms with van der Waals surface area (Å²) in [6.07, 6.45) is 1.45. The maximum atomic E-state index is 13.0. The Morgan fingerprint density at radius 3 is 2.62 bits per heavy atom. The molecule has 0 bridgehead atoms. The molecule has 1 aliphatic carbocycles. The van der Waals surface area contributed by atoms with Gasteiger partial charge >= 0.3 is 5.97 Å². The lowest BCUT2D eigenvalue weighted by Gasteiger charge is -2.61. The minimum absolute atomic E-state index is 0.00457. The van der Waals surface area contributed by atoms with Gasteiger partial charge in [-0.25, -0.2) is 0 Å². The first kappa shape index (κ1) is 16.2. The van der Waals surface area contributed by atoms with Crippen molar-refractivity contribution in [3.8, 4) is 0 Å². The molecule has 1 saturated heterocycles. The van der Waals surface area contributed by atoms with Gasteiger partial charge in [-0.1, -0.05) is 20.8 Å². The summed E-state index contributed by atoms with van der Waals surface area (Å²) in [6, 6.07) is -0.147. The minimum atomic E-state index is -1.03. The van der Waals surface area contributed by atoms with Crippen LogP contribution in [-0.2, 0) is 14.3 Å². The molecule has 1 amide bonds. The molecule has 4 unspecified atom stereocenters. The van der Waals surface area contributed by atoms with Crippen LogP contribution in [0, 0.1) is 11.3 Å². The second-order valence-electron chi connectivity index (χ2n) is 6.86. The van der Waals surface area contributed by atoms with Gasteiger partial charge in [-0.15, -0.1) is 0 Å². The number of hydrogen-bond donors (Lipinski definition) is 2. The third kappa shape index (κ3) is 2.16. The third-order valence-corrected chi connectivity index (χ3v) is 5.50. The van der Waals surface area contributed by atoms with Crippen LogP contribution in [0.25, 0.3) is 0 Å². The molecule has 6 nitrogen and oxygen atoms in total. The maximum Gasteiger partial charge on any atom is 0.323 e. The number of hydrogen-bond acceptors (Lipinski definition) is 4. The van der Waals surface area contributed by atoms with E-state index in [2.05, 4.69) is 0 Å². The summed E-state index contributed by atoms with van der Waals surface area (Å²) >= 11 is 0. The Morgan fingerprint density at radius 1 is 1.48 bits per heavy atom. The lowest BCUT2D eigenvalue weighted by Crippen LogP contribution is -2.80. The Hall–Kier alpha value is -1.14. The number of carbonyl (C=O) groups is 2. The van der Waals surface area contributed by atoms with Gasteiger partial charge in [0.25, 0.3) is 0 Å². The fourth-order valence-electron chi connectivity index (χ4n) is 3.85. The van der Waals surface area contributed by atoms with E-state index in [1.807, 2.05) is 27.7 Å². The molecule has 0 aromatic rings. The molecule has 3 N–H and O–H groups in total. The van der Waals surface area contributed by atoms with Gasteiger partial charge in [0.15, 0.2) is 0 Å². The molecule has 1 heterocycles. The number of nitrogens with zero attached hydrogens (tertiary/aromatic N) is 1. The molecule has 2 fully saturated rings. The third-order valence-electron chi connectivity index (χ3n) is 5.50. The minimum Gasteiger partial charge on any atom is -0.480 e. The topological polar surface area (TPSA) is 92.9 Å². The molecule has 21 heavy (non-hydrogen) atoms. The average Bonchev–Trinajstić information content (AvgIpc) is 2.90. The lowest BCUT2D eigenvalue weighted by atomic mass is 9.47. The van der Waals surface area contributed by atoms with Crippen LogP contribution in [0.2, 0.25) is 0 Å². The van der Waals surface area contributed by atoms with Gasteiger partial charge < -0.3 is 20.5 Å². The van der Waals surface area contributed by atoms with Crippen LogP contribution in [0.15, 0.2) is 0 Å². The molecule has 6 heteroatoms. The summed E-state index contributed by atoms with van der Waals surface area (Å²) in [4.78, 5) is 25.5. The summed E-state index contributed by atoms with van der Waals surface area (Å²) < 4.78 is 5.69. The quantitative estimate of drug-likeness (QED) is 0.784. The Labute approximate surface area is 125 Å². The van der Waals surface area contributed by atoms with Gasteiger partial charge in [-0.3, -0.25) is 9.59 Å². The van der Waals surface area contributed by atoms with E-state index in [0.29, 0.717) is 13.0 Å². The molecule has 120 valence electrons. The standard InChI is InChI=1S/C15H26N2O4/c1-5-9(2)17(8-11(18)19)13(20)15(16)10-6-7-21-12(10)14(15,3)4/h9-10,12H,5-8,16H2,1-4H3,(H,18,19). The molecule has 2 rings (SSSR count). The van der Waals surface area contributed by atoms with E-state index in [1.165, 1.54) is 4.90 Å². The Kier molecular flexibility index (Phi) is 4.06. The second kappa shape index (κ2) is 5.25. The predicted octanol–water partition coefficient (Wildman–Crippen LogP) is 0.841. The number of ether oxygens (including phenoxy) is 1. The summed E-state index contributed by atoms with van der Waals surface area (Å²) in [7, 11) is 0. The van der Waals surface area contributed by atoms with Crippen molar-refractivity contribution in [2.24, 2.45) is 17.1 Å². The fourth-order valence-corrected chi connectivity index (χ4v) is 3.85. The van der Waals surface area contributed by atoms with Gasteiger partial charge in [0.2, 0.25) is 5.91 Å². The van der Waals surface area contributed by atoms with Gasteiger partial charge in [-0.2, -0.15) is 0 Å². The monoisotopic (exact) mass is 298 g/mol. The van der Waals surface area contributed by atoms with E-state index in [4.69, 9.17) is 15.6 Å². The number of amides is 1. The van der Waals surface area contributed by atoms with E-state index >= 15 is 0 Å². The highest BCUT2D eigenvalue weighted by Crippen LogP contribution is 2.58. The molecule has 4 atom stereocenters. The van der Waals surface area contributed by atoms with Crippen molar-refractivity contribution >= 4 is 11.9 Å². The predicted molar refractivity (Wildman–Crippen MR) is 77.6 cm³/mol. The zero-order chi connectivity index (χ0) is 16.0. The van der Waals surface area contributed by atoms with Crippen molar-refractivity contribution in [3.63, 3.8) is 0 Å². The van der Waals surface area contributed by atoms with Crippen LogP contribution in [0.3, 0.4) is 0 Å². The first-order valence-electron chi connectivity index (χ1n) is 7.61. The smallest absolute Gasteiger partial charge is 0.323 e. The number of carboxylic acid groups (broad SMARTS) is 1. The molecule has 0 aromatic heterocycles. The highest BCUT2D eigenvalue weighted by Gasteiger charge is 2.72. The van der Waals surface area contributed by atoms with Crippen molar-refractivity contribution < 1.29 is 19.4 Å². The van der Waals surface area contributed by atoms with E-state index in [1.54, 1.807) is 0 Å². The van der Waals surface area contributed by atoms with Crippen molar-refractivity contribution in [2.75, 3.05) is 13.2 Å². The summed E-state index contributed by atoms with van der Waals surface area (Å²) in [5.41, 5.74) is 5.00. The Morgan fingerprint density at radius 2 is 2.10 bits per heavy atom. The molecule has 2 aliphatic rings. The fraction of sp³-hybridized carbons (Fsp3) is 0.867. The largest absolute Gasteiger partial charge is 0.480 e.